The third-order valence-electron chi connectivity index (χ3n) is 4.58. The van der Waals surface area contributed by atoms with Gasteiger partial charge in [-0.05, 0) is 42.6 Å². The number of hydrogen-bond donors (Lipinski definition) is 1. The maximum absolute atomic E-state index is 14.5. The van der Waals surface area contributed by atoms with Crippen molar-refractivity contribution < 1.29 is 13.6 Å². The Bertz CT molecular complexity index is 1310. The monoisotopic (exact) mass is 457 g/mol. The molecule has 0 aliphatic rings. The van der Waals surface area contributed by atoms with Crippen molar-refractivity contribution >= 4 is 39.9 Å². The van der Waals surface area contributed by atoms with E-state index < -0.39 is 17.2 Å². The lowest BCUT2D eigenvalue weighted by Crippen LogP contribution is -2.28. The van der Waals surface area contributed by atoms with Crippen LogP contribution in [0.4, 0.5) is 8.78 Å². The van der Waals surface area contributed by atoms with E-state index in [1.807, 2.05) is 24.4 Å². The highest BCUT2D eigenvalue weighted by Crippen LogP contribution is 2.24. The van der Waals surface area contributed by atoms with Crippen LogP contribution in [0.15, 0.2) is 69.9 Å². The van der Waals surface area contributed by atoms with Crippen LogP contribution in [0, 0.1) is 11.6 Å². The molecule has 5 nitrogen and oxygen atoms in total. The van der Waals surface area contributed by atoms with Crippen LogP contribution in [0.25, 0.3) is 16.6 Å². The van der Waals surface area contributed by atoms with Crippen LogP contribution in [0.1, 0.15) is 17.8 Å². The summed E-state index contributed by atoms with van der Waals surface area (Å²) >= 11 is 2.56. The number of nitrogens with zero attached hydrogens (tertiary/aromatic N) is 2. The zero-order valence-corrected chi connectivity index (χ0v) is 18.0. The number of thiophene rings is 1. The summed E-state index contributed by atoms with van der Waals surface area (Å²) in [5, 5.41) is 5.27. The molecule has 0 saturated heterocycles. The van der Waals surface area contributed by atoms with E-state index in [0.717, 1.165) is 27.3 Å². The lowest BCUT2D eigenvalue weighted by molar-refractivity contribution is -0.119. The van der Waals surface area contributed by atoms with Crippen molar-refractivity contribution in [3.63, 3.8) is 0 Å². The fraction of sp³-hybridized carbons (Fsp3) is 0.136. The molecular formula is C22H17F2N3O2S2. The first-order valence-corrected chi connectivity index (χ1v) is 11.2. The highest BCUT2D eigenvalue weighted by atomic mass is 32.2. The van der Waals surface area contributed by atoms with E-state index in [1.54, 1.807) is 35.6 Å². The van der Waals surface area contributed by atoms with Crippen LogP contribution in [0.3, 0.4) is 0 Å². The van der Waals surface area contributed by atoms with Gasteiger partial charge in [-0.3, -0.25) is 14.2 Å². The molecule has 4 rings (SSSR count). The molecule has 31 heavy (non-hydrogen) atoms. The normalized spacial score (nSPS) is 12.1. The first kappa shape index (κ1) is 21.2. The molecule has 0 radical (unpaired) electrons. The minimum absolute atomic E-state index is 0.0245. The number of carbonyl (C=O) groups is 1. The molecule has 1 atom stereocenters. The summed E-state index contributed by atoms with van der Waals surface area (Å²) in [5.41, 5.74) is -0.188. The van der Waals surface area contributed by atoms with Crippen LogP contribution in [0.2, 0.25) is 0 Å². The van der Waals surface area contributed by atoms with Crippen molar-refractivity contribution in [2.45, 2.75) is 18.1 Å². The van der Waals surface area contributed by atoms with Gasteiger partial charge in [-0.2, -0.15) is 0 Å². The smallest absolute Gasteiger partial charge is 0.266 e. The molecule has 2 heterocycles. The second-order valence-electron chi connectivity index (χ2n) is 6.74. The van der Waals surface area contributed by atoms with Gasteiger partial charge in [-0.25, -0.2) is 13.8 Å². The summed E-state index contributed by atoms with van der Waals surface area (Å²) in [4.78, 5) is 31.1. The minimum Gasteiger partial charge on any atom is -0.348 e. The summed E-state index contributed by atoms with van der Waals surface area (Å²) in [6.45, 7) is 1.88. The van der Waals surface area contributed by atoms with Gasteiger partial charge in [0.05, 0.1) is 28.4 Å². The quantitative estimate of drug-likeness (QED) is 0.337. The number of thioether (sulfide) groups is 1. The van der Waals surface area contributed by atoms with E-state index >= 15 is 0 Å². The first-order valence-electron chi connectivity index (χ1n) is 9.37. The summed E-state index contributed by atoms with van der Waals surface area (Å²) in [5.74, 6) is -1.92. The zero-order chi connectivity index (χ0) is 22.0. The van der Waals surface area contributed by atoms with Gasteiger partial charge in [-0.15, -0.1) is 11.3 Å². The van der Waals surface area contributed by atoms with Gasteiger partial charge in [0, 0.05) is 10.9 Å². The molecule has 0 saturated carbocycles. The van der Waals surface area contributed by atoms with E-state index in [0.29, 0.717) is 17.0 Å². The first-order chi connectivity index (χ1) is 14.9. The third-order valence-corrected chi connectivity index (χ3v) is 6.57. The third kappa shape index (κ3) is 4.52. The Morgan fingerprint density at radius 1 is 1.19 bits per heavy atom. The lowest BCUT2D eigenvalue weighted by atomic mass is 10.2. The Labute approximate surface area is 184 Å². The molecule has 4 aromatic rings. The molecule has 0 spiro atoms. The summed E-state index contributed by atoms with van der Waals surface area (Å²) < 4.78 is 29.0. The molecule has 2 aromatic carbocycles. The van der Waals surface area contributed by atoms with Crippen molar-refractivity contribution in [3.05, 3.63) is 86.8 Å². The molecule has 9 heteroatoms. The van der Waals surface area contributed by atoms with Gasteiger partial charge in [0.15, 0.2) is 5.16 Å². The van der Waals surface area contributed by atoms with Crippen molar-refractivity contribution in [2.75, 3.05) is 5.75 Å². The molecular weight excluding hydrogens is 440 g/mol. The maximum Gasteiger partial charge on any atom is 0.266 e. The molecule has 0 aliphatic heterocycles. The molecule has 2 aromatic heterocycles. The summed E-state index contributed by atoms with van der Waals surface area (Å²) in [6, 6.07) is 13.3. The Morgan fingerprint density at radius 2 is 2.00 bits per heavy atom. The number of amides is 1. The van der Waals surface area contributed by atoms with E-state index in [4.69, 9.17) is 0 Å². The number of nitrogens with one attached hydrogen (secondary N) is 1. The van der Waals surface area contributed by atoms with Crippen molar-refractivity contribution in [1.82, 2.24) is 14.9 Å². The van der Waals surface area contributed by atoms with Crippen LogP contribution in [-0.2, 0) is 4.79 Å². The number of benzene rings is 2. The van der Waals surface area contributed by atoms with E-state index in [2.05, 4.69) is 10.3 Å². The second kappa shape index (κ2) is 8.99. The molecule has 1 N–H and O–H groups in total. The van der Waals surface area contributed by atoms with Gasteiger partial charge >= 0.3 is 0 Å². The molecule has 0 fully saturated rings. The number of hydrogen-bond acceptors (Lipinski definition) is 5. The van der Waals surface area contributed by atoms with Gasteiger partial charge in [-0.1, -0.05) is 30.0 Å². The minimum atomic E-state index is -0.892. The average Bonchev–Trinajstić information content (AvgIpc) is 3.28. The zero-order valence-electron chi connectivity index (χ0n) is 16.3. The Balaban J connectivity index is 1.67. The molecule has 1 amide bonds. The largest absolute Gasteiger partial charge is 0.348 e. The fourth-order valence-corrected chi connectivity index (χ4v) is 4.66. The van der Waals surface area contributed by atoms with Crippen LogP contribution >= 0.6 is 23.1 Å². The number of carbonyl (C=O) groups excluding carboxylic acids is 1. The van der Waals surface area contributed by atoms with Crippen molar-refractivity contribution in [1.29, 1.82) is 0 Å². The highest BCUT2D eigenvalue weighted by molar-refractivity contribution is 7.99. The highest BCUT2D eigenvalue weighted by Gasteiger charge is 2.18. The number of fused-ring (bicyclic) bond motifs is 1. The maximum atomic E-state index is 14.5. The van der Waals surface area contributed by atoms with Gasteiger partial charge < -0.3 is 5.32 Å². The van der Waals surface area contributed by atoms with Crippen LogP contribution in [-0.4, -0.2) is 21.2 Å². The SMILES string of the molecule is CC(NC(=O)CSc1nc2ccccc2c(=O)n1-c1ccc(F)cc1F)c1cccs1. The average molecular weight is 458 g/mol. The van der Waals surface area contributed by atoms with Crippen LogP contribution in [0.5, 0.6) is 0 Å². The Hall–Kier alpha value is -3.04. The van der Waals surface area contributed by atoms with E-state index in [1.165, 1.54) is 6.07 Å². The molecule has 158 valence electrons. The van der Waals surface area contributed by atoms with Crippen molar-refractivity contribution in [2.24, 2.45) is 0 Å². The summed E-state index contributed by atoms with van der Waals surface area (Å²) in [6.07, 6.45) is 0. The number of aromatic nitrogens is 2. The number of halogens is 2. The Kier molecular flexibility index (Phi) is 6.15. The summed E-state index contributed by atoms with van der Waals surface area (Å²) in [7, 11) is 0. The predicted octanol–water partition coefficient (Wildman–Crippen LogP) is 4.69. The number of rotatable bonds is 6. The second-order valence-corrected chi connectivity index (χ2v) is 8.66. The van der Waals surface area contributed by atoms with Gasteiger partial charge in [0.25, 0.3) is 5.56 Å². The number of para-hydroxylation sites is 1. The predicted molar refractivity (Wildman–Crippen MR) is 119 cm³/mol. The lowest BCUT2D eigenvalue weighted by Gasteiger charge is -2.15. The fourth-order valence-electron chi connectivity index (χ4n) is 3.11. The standard InChI is InChI=1S/C22H17F2N3O2S2/c1-13(19-7-4-10-30-19)25-20(28)12-31-22-26-17-6-3-2-5-15(17)21(29)27(22)18-9-8-14(23)11-16(18)24/h2-11,13H,12H2,1H3,(H,25,28). The topological polar surface area (TPSA) is 64.0 Å². The van der Waals surface area contributed by atoms with Gasteiger partial charge in [0.2, 0.25) is 5.91 Å². The van der Waals surface area contributed by atoms with Gasteiger partial charge in [0.1, 0.15) is 11.6 Å². The van der Waals surface area contributed by atoms with Crippen molar-refractivity contribution in [3.8, 4) is 5.69 Å². The van der Waals surface area contributed by atoms with E-state index in [-0.39, 0.29) is 28.5 Å². The molecule has 1 unspecified atom stereocenters. The Morgan fingerprint density at radius 3 is 2.74 bits per heavy atom. The van der Waals surface area contributed by atoms with E-state index in [9.17, 15) is 18.4 Å². The molecule has 0 aliphatic carbocycles. The molecule has 0 bridgehead atoms. The van der Waals surface area contributed by atoms with Crippen LogP contribution < -0.4 is 10.9 Å².